The molecule has 0 fully saturated rings. The maximum absolute atomic E-state index is 11.7. The quantitative estimate of drug-likeness (QED) is 0.435. The third-order valence-electron chi connectivity index (χ3n) is 4.13. The third-order valence-corrected chi connectivity index (χ3v) is 4.13. The van der Waals surface area contributed by atoms with Gasteiger partial charge in [-0.15, -0.1) is 0 Å². The second-order valence-corrected chi connectivity index (χ2v) is 6.56. The number of benzene rings is 3. The molecule has 3 aromatic rings. The zero-order chi connectivity index (χ0) is 20.5. The summed E-state index contributed by atoms with van der Waals surface area (Å²) in [5.74, 6) is -1.40. The first-order chi connectivity index (χ1) is 13.4. The van der Waals surface area contributed by atoms with E-state index < -0.39 is 11.9 Å². The Kier molecular flexibility index (Phi) is 7.52. The predicted octanol–water partition coefficient (Wildman–Crippen LogP) is 5.54. The molecule has 0 aliphatic heterocycles. The summed E-state index contributed by atoms with van der Waals surface area (Å²) in [6.07, 6.45) is 0. The van der Waals surface area contributed by atoms with E-state index in [-0.39, 0.29) is 0 Å². The van der Waals surface area contributed by atoms with E-state index in [4.69, 9.17) is 0 Å². The lowest BCUT2D eigenvalue weighted by Crippen LogP contribution is -2.12. The molecule has 3 aromatic carbocycles. The molecule has 0 aliphatic carbocycles. The van der Waals surface area contributed by atoms with Crippen LogP contribution in [0.2, 0.25) is 0 Å². The lowest BCUT2D eigenvalue weighted by Gasteiger charge is -2.04. The fraction of sp³-hybridized carbons (Fsp3) is 0.167. The lowest BCUT2D eigenvalue weighted by atomic mass is 10.1. The van der Waals surface area contributed by atoms with E-state index in [2.05, 4.69) is 47.9 Å². The molecule has 0 saturated carbocycles. The summed E-state index contributed by atoms with van der Waals surface area (Å²) in [6, 6.07) is 22.0. The Labute approximate surface area is 165 Å². The van der Waals surface area contributed by atoms with Gasteiger partial charge in [0.1, 0.15) is 0 Å². The van der Waals surface area contributed by atoms with Crippen LogP contribution in [0.5, 0.6) is 0 Å². The lowest BCUT2D eigenvalue weighted by molar-refractivity contribution is -0.187. The van der Waals surface area contributed by atoms with Crippen LogP contribution in [0.25, 0.3) is 0 Å². The van der Waals surface area contributed by atoms with Crippen LogP contribution in [-0.2, 0) is 9.78 Å². The van der Waals surface area contributed by atoms with Crippen LogP contribution in [0.1, 0.15) is 43.0 Å². The van der Waals surface area contributed by atoms with Crippen LogP contribution in [-0.4, -0.2) is 11.9 Å². The van der Waals surface area contributed by atoms with Crippen LogP contribution >= 0.6 is 0 Å². The topological polar surface area (TPSA) is 52.6 Å². The molecule has 144 valence electrons. The molecule has 0 atom stereocenters. The Morgan fingerprint density at radius 2 is 0.964 bits per heavy atom. The van der Waals surface area contributed by atoms with Crippen molar-refractivity contribution in [2.45, 2.75) is 27.7 Å². The van der Waals surface area contributed by atoms with Crippen molar-refractivity contribution in [3.05, 3.63) is 106 Å². The van der Waals surface area contributed by atoms with Gasteiger partial charge in [-0.25, -0.2) is 19.4 Å². The Bertz CT molecular complexity index is 882. The third kappa shape index (κ3) is 6.40. The van der Waals surface area contributed by atoms with Gasteiger partial charge in [0, 0.05) is 0 Å². The van der Waals surface area contributed by atoms with Crippen molar-refractivity contribution in [1.29, 1.82) is 0 Å². The van der Waals surface area contributed by atoms with Gasteiger partial charge in [0.25, 0.3) is 0 Å². The normalized spacial score (nSPS) is 9.71. The molecule has 0 saturated heterocycles. The zero-order valence-corrected chi connectivity index (χ0v) is 16.6. The SMILES string of the molecule is Cc1cccc(C(=O)OOC(=O)c2cccc(C)c2)c1.Cc1ccccc1C. The van der Waals surface area contributed by atoms with E-state index in [1.807, 2.05) is 26.0 Å². The van der Waals surface area contributed by atoms with E-state index in [0.29, 0.717) is 11.1 Å². The van der Waals surface area contributed by atoms with E-state index in [9.17, 15) is 9.59 Å². The molecule has 4 nitrogen and oxygen atoms in total. The summed E-state index contributed by atoms with van der Waals surface area (Å²) in [5.41, 5.74) is 5.25. The van der Waals surface area contributed by atoms with Crippen LogP contribution in [0.3, 0.4) is 0 Å². The van der Waals surface area contributed by atoms with Crippen molar-refractivity contribution in [3.8, 4) is 0 Å². The molecule has 0 bridgehead atoms. The minimum atomic E-state index is -0.699. The van der Waals surface area contributed by atoms with Gasteiger partial charge >= 0.3 is 11.9 Å². The van der Waals surface area contributed by atoms with E-state index >= 15 is 0 Å². The highest BCUT2D eigenvalue weighted by molar-refractivity contribution is 5.92. The fourth-order valence-electron chi connectivity index (χ4n) is 2.38. The Hall–Kier alpha value is -3.40. The standard InChI is InChI=1S/C16H14O4.C8H10/c1-11-5-3-7-13(9-11)15(17)19-20-16(18)14-8-4-6-12(2)10-14;1-7-5-3-4-6-8(7)2/h3-10H,1-2H3;3-6H,1-2H3. The van der Waals surface area contributed by atoms with Gasteiger partial charge in [-0.05, 0) is 63.1 Å². The Morgan fingerprint density at radius 1 is 0.571 bits per heavy atom. The largest absolute Gasteiger partial charge is 0.386 e. The number of rotatable bonds is 2. The smallest absolute Gasteiger partial charge is 0.242 e. The van der Waals surface area contributed by atoms with Gasteiger partial charge in [-0.1, -0.05) is 59.7 Å². The van der Waals surface area contributed by atoms with Gasteiger partial charge < -0.3 is 0 Å². The van der Waals surface area contributed by atoms with Crippen molar-refractivity contribution in [2.24, 2.45) is 0 Å². The molecule has 0 aliphatic rings. The predicted molar refractivity (Wildman–Crippen MR) is 109 cm³/mol. The molecule has 0 heterocycles. The van der Waals surface area contributed by atoms with Crippen molar-refractivity contribution in [1.82, 2.24) is 0 Å². The highest BCUT2D eigenvalue weighted by Crippen LogP contribution is 2.09. The van der Waals surface area contributed by atoms with Crippen LogP contribution in [0.4, 0.5) is 0 Å². The second-order valence-electron chi connectivity index (χ2n) is 6.56. The highest BCUT2D eigenvalue weighted by atomic mass is 17.2. The Balaban J connectivity index is 0.000000292. The minimum Gasteiger partial charge on any atom is -0.242 e. The van der Waals surface area contributed by atoms with Gasteiger partial charge in [-0.2, -0.15) is 0 Å². The summed E-state index contributed by atoms with van der Waals surface area (Å²) >= 11 is 0. The summed E-state index contributed by atoms with van der Waals surface area (Å²) in [7, 11) is 0. The number of hydrogen-bond donors (Lipinski definition) is 0. The molecule has 3 rings (SSSR count). The average molecular weight is 376 g/mol. The van der Waals surface area contributed by atoms with E-state index in [1.54, 1.807) is 36.4 Å². The van der Waals surface area contributed by atoms with E-state index in [0.717, 1.165) is 11.1 Å². The maximum atomic E-state index is 11.7. The summed E-state index contributed by atoms with van der Waals surface area (Å²) in [5, 5.41) is 0. The van der Waals surface area contributed by atoms with Crippen LogP contribution in [0, 0.1) is 27.7 Å². The summed E-state index contributed by atoms with van der Waals surface area (Å²) in [4.78, 5) is 32.5. The van der Waals surface area contributed by atoms with Crippen molar-refractivity contribution >= 4 is 11.9 Å². The van der Waals surface area contributed by atoms with Crippen molar-refractivity contribution in [3.63, 3.8) is 0 Å². The molecule has 0 N–H and O–H groups in total. The minimum absolute atomic E-state index is 0.335. The first-order valence-electron chi connectivity index (χ1n) is 8.95. The number of carbonyl (C=O) groups excluding carboxylic acids is 2. The molecule has 28 heavy (non-hydrogen) atoms. The molecule has 0 unspecified atom stereocenters. The van der Waals surface area contributed by atoms with Gasteiger partial charge in [0.05, 0.1) is 11.1 Å². The first-order valence-corrected chi connectivity index (χ1v) is 8.95. The first kappa shape index (κ1) is 20.9. The number of carbonyl (C=O) groups is 2. The van der Waals surface area contributed by atoms with Gasteiger partial charge in [0.15, 0.2) is 0 Å². The van der Waals surface area contributed by atoms with Gasteiger partial charge in [0.2, 0.25) is 0 Å². The monoisotopic (exact) mass is 376 g/mol. The Morgan fingerprint density at radius 3 is 1.29 bits per heavy atom. The maximum Gasteiger partial charge on any atom is 0.386 e. The second kappa shape index (κ2) is 10.1. The average Bonchev–Trinajstić information content (AvgIpc) is 2.68. The van der Waals surface area contributed by atoms with Gasteiger partial charge in [-0.3, -0.25) is 0 Å². The fourth-order valence-corrected chi connectivity index (χ4v) is 2.38. The highest BCUT2D eigenvalue weighted by Gasteiger charge is 2.14. The summed E-state index contributed by atoms with van der Waals surface area (Å²) in [6.45, 7) is 7.95. The van der Waals surface area contributed by atoms with Crippen LogP contribution in [0.15, 0.2) is 72.8 Å². The zero-order valence-electron chi connectivity index (χ0n) is 16.6. The van der Waals surface area contributed by atoms with Crippen LogP contribution < -0.4 is 0 Å². The molecule has 0 amide bonds. The molecular formula is C24H24O4. The molecular weight excluding hydrogens is 352 g/mol. The molecule has 0 spiro atoms. The number of aryl methyl sites for hydroxylation is 4. The summed E-state index contributed by atoms with van der Waals surface area (Å²) < 4.78 is 0. The molecule has 0 aromatic heterocycles. The van der Waals surface area contributed by atoms with E-state index in [1.165, 1.54) is 11.1 Å². The molecule has 4 heteroatoms. The van der Waals surface area contributed by atoms with Crippen molar-refractivity contribution in [2.75, 3.05) is 0 Å². The van der Waals surface area contributed by atoms with Crippen molar-refractivity contribution < 1.29 is 19.4 Å². The molecule has 0 radical (unpaired) electrons. The number of hydrogen-bond acceptors (Lipinski definition) is 4.